The van der Waals surface area contributed by atoms with Crippen LogP contribution in [0.3, 0.4) is 0 Å². The Balaban J connectivity index is 1.78. The molecule has 0 spiro atoms. The van der Waals surface area contributed by atoms with Crippen LogP contribution in [0.2, 0.25) is 5.02 Å². The summed E-state index contributed by atoms with van der Waals surface area (Å²) >= 11 is 6.00. The van der Waals surface area contributed by atoms with E-state index in [-0.39, 0.29) is 0 Å². The molecule has 2 rings (SSSR count). The van der Waals surface area contributed by atoms with Crippen LogP contribution in [0.25, 0.3) is 0 Å². The third-order valence-electron chi connectivity index (χ3n) is 2.73. The van der Waals surface area contributed by atoms with Gasteiger partial charge in [0.15, 0.2) is 0 Å². The number of para-hydroxylation sites is 1. The van der Waals surface area contributed by atoms with Gasteiger partial charge >= 0.3 is 0 Å². The maximum atomic E-state index is 6.00. The van der Waals surface area contributed by atoms with Crippen molar-refractivity contribution in [3.8, 4) is 11.5 Å². The Kier molecular flexibility index (Phi) is 5.71. The van der Waals surface area contributed by atoms with E-state index in [1.165, 1.54) is 5.56 Å². The molecule has 0 aromatic heterocycles. The lowest BCUT2D eigenvalue weighted by molar-refractivity contribution is 0.217. The van der Waals surface area contributed by atoms with Crippen molar-refractivity contribution in [2.75, 3.05) is 20.3 Å². The molecule has 0 heterocycles. The van der Waals surface area contributed by atoms with Crippen LogP contribution in [0.15, 0.2) is 48.5 Å². The Morgan fingerprint density at radius 1 is 1.00 bits per heavy atom. The van der Waals surface area contributed by atoms with Gasteiger partial charge in [-0.25, -0.2) is 0 Å². The van der Waals surface area contributed by atoms with Crippen LogP contribution in [0.5, 0.6) is 11.5 Å². The van der Waals surface area contributed by atoms with Crippen molar-refractivity contribution in [3.63, 3.8) is 0 Å². The molecule has 0 saturated carbocycles. The average Bonchev–Trinajstić information content (AvgIpc) is 2.46. The standard InChI is InChI=1S/C16H18ClNO2/c1-18-12-13-5-4-6-14(11-13)19-9-10-20-16-8-3-2-7-15(16)17/h2-8,11,18H,9-10,12H2,1H3. The monoisotopic (exact) mass is 291 g/mol. The normalized spacial score (nSPS) is 10.3. The highest BCUT2D eigenvalue weighted by atomic mass is 35.5. The van der Waals surface area contributed by atoms with E-state index in [1.54, 1.807) is 6.07 Å². The second-order valence-electron chi connectivity index (χ2n) is 4.31. The first-order valence-corrected chi connectivity index (χ1v) is 6.91. The van der Waals surface area contributed by atoms with Crippen LogP contribution >= 0.6 is 11.6 Å². The van der Waals surface area contributed by atoms with Crippen LogP contribution in [-0.2, 0) is 6.54 Å². The molecule has 0 saturated heterocycles. The van der Waals surface area contributed by atoms with Gasteiger partial charge in [-0.1, -0.05) is 35.9 Å². The summed E-state index contributed by atoms with van der Waals surface area (Å²) in [6.45, 7) is 1.77. The molecule has 0 fully saturated rings. The number of rotatable bonds is 7. The van der Waals surface area contributed by atoms with Crippen molar-refractivity contribution < 1.29 is 9.47 Å². The molecule has 106 valence electrons. The highest BCUT2D eigenvalue weighted by Gasteiger charge is 2.00. The van der Waals surface area contributed by atoms with Gasteiger partial charge in [0.05, 0.1) is 5.02 Å². The molecule has 20 heavy (non-hydrogen) atoms. The lowest BCUT2D eigenvalue weighted by atomic mass is 10.2. The molecule has 0 bridgehead atoms. The molecule has 1 N–H and O–H groups in total. The van der Waals surface area contributed by atoms with Crippen LogP contribution in [0.4, 0.5) is 0 Å². The first-order chi connectivity index (χ1) is 9.79. The zero-order valence-electron chi connectivity index (χ0n) is 11.4. The number of hydrogen-bond acceptors (Lipinski definition) is 3. The molecule has 0 atom stereocenters. The molecule has 4 heteroatoms. The fourth-order valence-corrected chi connectivity index (χ4v) is 2.01. The summed E-state index contributed by atoms with van der Waals surface area (Å²) in [6.07, 6.45) is 0. The average molecular weight is 292 g/mol. The molecule has 2 aromatic rings. The molecule has 0 radical (unpaired) electrons. The highest BCUT2D eigenvalue weighted by molar-refractivity contribution is 6.32. The summed E-state index contributed by atoms with van der Waals surface area (Å²) in [7, 11) is 1.92. The maximum absolute atomic E-state index is 6.00. The Hall–Kier alpha value is -1.71. The van der Waals surface area contributed by atoms with E-state index in [1.807, 2.05) is 43.4 Å². The maximum Gasteiger partial charge on any atom is 0.138 e. The van der Waals surface area contributed by atoms with E-state index in [9.17, 15) is 0 Å². The van der Waals surface area contributed by atoms with Crippen molar-refractivity contribution in [2.45, 2.75) is 6.54 Å². The minimum absolute atomic E-state index is 0.458. The van der Waals surface area contributed by atoms with Crippen molar-refractivity contribution >= 4 is 11.6 Å². The number of benzene rings is 2. The summed E-state index contributed by atoms with van der Waals surface area (Å²) in [4.78, 5) is 0. The zero-order chi connectivity index (χ0) is 14.2. The summed E-state index contributed by atoms with van der Waals surface area (Å²) in [6, 6.07) is 15.4. The lowest BCUT2D eigenvalue weighted by Gasteiger charge is -2.10. The molecule has 0 aliphatic heterocycles. The molecular formula is C16H18ClNO2. The third-order valence-corrected chi connectivity index (χ3v) is 3.04. The van der Waals surface area contributed by atoms with Gasteiger partial charge in [-0.15, -0.1) is 0 Å². The van der Waals surface area contributed by atoms with Gasteiger partial charge in [0.25, 0.3) is 0 Å². The molecule has 0 aliphatic rings. The second-order valence-corrected chi connectivity index (χ2v) is 4.71. The van der Waals surface area contributed by atoms with E-state index >= 15 is 0 Å². The van der Waals surface area contributed by atoms with Crippen molar-refractivity contribution in [2.24, 2.45) is 0 Å². The van der Waals surface area contributed by atoms with E-state index in [4.69, 9.17) is 21.1 Å². The summed E-state index contributed by atoms with van der Waals surface area (Å²) in [5.41, 5.74) is 1.19. The topological polar surface area (TPSA) is 30.5 Å². The predicted octanol–water partition coefficient (Wildman–Crippen LogP) is 3.52. The Morgan fingerprint density at radius 3 is 2.60 bits per heavy atom. The summed E-state index contributed by atoms with van der Waals surface area (Å²) in [5.74, 6) is 1.53. The molecule has 0 aliphatic carbocycles. The highest BCUT2D eigenvalue weighted by Crippen LogP contribution is 2.23. The van der Waals surface area contributed by atoms with Gasteiger partial charge in [0, 0.05) is 6.54 Å². The first-order valence-electron chi connectivity index (χ1n) is 6.53. The largest absolute Gasteiger partial charge is 0.490 e. The number of halogens is 1. The predicted molar refractivity (Wildman–Crippen MR) is 81.6 cm³/mol. The van der Waals surface area contributed by atoms with Crippen molar-refractivity contribution in [1.29, 1.82) is 0 Å². The minimum Gasteiger partial charge on any atom is -0.490 e. The van der Waals surface area contributed by atoms with Crippen molar-refractivity contribution in [3.05, 3.63) is 59.1 Å². The fraction of sp³-hybridized carbons (Fsp3) is 0.250. The van der Waals surface area contributed by atoms with Crippen molar-refractivity contribution in [1.82, 2.24) is 5.32 Å². The van der Waals surface area contributed by atoms with Crippen LogP contribution in [0.1, 0.15) is 5.56 Å². The van der Waals surface area contributed by atoms with E-state index in [2.05, 4.69) is 11.4 Å². The molecule has 0 amide bonds. The zero-order valence-corrected chi connectivity index (χ0v) is 12.2. The first kappa shape index (κ1) is 14.7. The Labute approximate surface area is 124 Å². The Bertz CT molecular complexity index is 546. The van der Waals surface area contributed by atoms with Crippen LogP contribution in [0, 0.1) is 0 Å². The van der Waals surface area contributed by atoms with E-state index in [0.29, 0.717) is 24.0 Å². The summed E-state index contributed by atoms with van der Waals surface area (Å²) < 4.78 is 11.2. The van der Waals surface area contributed by atoms with E-state index in [0.717, 1.165) is 12.3 Å². The fourth-order valence-electron chi connectivity index (χ4n) is 1.82. The van der Waals surface area contributed by atoms with Gasteiger partial charge in [0.2, 0.25) is 0 Å². The van der Waals surface area contributed by atoms with Gasteiger partial charge in [0.1, 0.15) is 24.7 Å². The van der Waals surface area contributed by atoms with Crippen LogP contribution < -0.4 is 14.8 Å². The Morgan fingerprint density at radius 2 is 1.80 bits per heavy atom. The lowest BCUT2D eigenvalue weighted by Crippen LogP contribution is -2.10. The quantitative estimate of drug-likeness (QED) is 0.792. The van der Waals surface area contributed by atoms with Gasteiger partial charge in [-0.2, -0.15) is 0 Å². The molecule has 3 nitrogen and oxygen atoms in total. The second kappa shape index (κ2) is 7.78. The van der Waals surface area contributed by atoms with Crippen LogP contribution in [-0.4, -0.2) is 20.3 Å². The van der Waals surface area contributed by atoms with Gasteiger partial charge < -0.3 is 14.8 Å². The third kappa shape index (κ3) is 4.44. The number of hydrogen-bond donors (Lipinski definition) is 1. The van der Waals surface area contributed by atoms with E-state index < -0.39 is 0 Å². The van der Waals surface area contributed by atoms with Gasteiger partial charge in [-0.3, -0.25) is 0 Å². The SMILES string of the molecule is CNCc1cccc(OCCOc2ccccc2Cl)c1. The molecule has 0 unspecified atom stereocenters. The minimum atomic E-state index is 0.458. The van der Waals surface area contributed by atoms with Gasteiger partial charge in [-0.05, 0) is 36.9 Å². The smallest absolute Gasteiger partial charge is 0.138 e. The summed E-state index contributed by atoms with van der Waals surface area (Å²) in [5, 5.41) is 3.73. The number of nitrogens with one attached hydrogen (secondary N) is 1. The number of ether oxygens (including phenoxy) is 2. The molecular weight excluding hydrogens is 274 g/mol. The molecule has 2 aromatic carbocycles.